The van der Waals surface area contributed by atoms with Crippen LogP contribution in [-0.4, -0.2) is 39.3 Å². The van der Waals surface area contributed by atoms with Gasteiger partial charge in [0.15, 0.2) is 0 Å². The van der Waals surface area contributed by atoms with E-state index < -0.39 is 26.7 Å². The molecule has 0 aliphatic carbocycles. The molecule has 0 saturated heterocycles. The highest BCUT2D eigenvalue weighted by molar-refractivity contribution is 7.72. The van der Waals surface area contributed by atoms with Crippen LogP contribution in [0.3, 0.4) is 0 Å². The van der Waals surface area contributed by atoms with Crippen molar-refractivity contribution >= 4 is 15.2 Å². The van der Waals surface area contributed by atoms with Crippen LogP contribution in [-0.2, 0) is 15.7 Å². The van der Waals surface area contributed by atoms with Gasteiger partial charge in [-0.2, -0.15) is 0 Å². The summed E-state index contributed by atoms with van der Waals surface area (Å²) in [5.41, 5.74) is 0. The van der Waals surface area contributed by atoms with Crippen molar-refractivity contribution in [3.8, 4) is 0 Å². The first-order chi connectivity index (χ1) is 8.99. The van der Waals surface area contributed by atoms with E-state index in [0.29, 0.717) is 13.0 Å². The Morgan fingerprint density at radius 1 is 1.20 bits per heavy atom. The molecular formula is C9H18N2O7P2. The second-order valence-electron chi connectivity index (χ2n) is 4.49. The summed E-state index contributed by atoms with van der Waals surface area (Å²) in [6.45, 7) is 2.26. The van der Waals surface area contributed by atoms with Crippen molar-refractivity contribution < 1.29 is 33.8 Å². The molecule has 116 valence electrons. The van der Waals surface area contributed by atoms with E-state index >= 15 is 0 Å². The summed E-state index contributed by atoms with van der Waals surface area (Å²) in [5, 5.41) is 6.34. The Morgan fingerprint density at radius 3 is 2.15 bits per heavy atom. The van der Waals surface area contributed by atoms with Gasteiger partial charge in [-0.15, -0.1) is 0 Å². The first-order valence-electron chi connectivity index (χ1n) is 5.80. The fraction of sp³-hybridized carbons (Fsp3) is 0.667. The van der Waals surface area contributed by atoms with Gasteiger partial charge in [0.25, 0.3) is 5.08 Å². The number of rotatable bonds is 7. The fourth-order valence-corrected chi connectivity index (χ4v) is 4.00. The predicted molar refractivity (Wildman–Crippen MR) is 69.9 cm³/mol. The van der Waals surface area contributed by atoms with Gasteiger partial charge in [-0.05, 0) is 26.2 Å². The molecule has 1 heterocycles. The number of imidazole rings is 1. The monoisotopic (exact) mass is 328 g/mol. The third kappa shape index (κ3) is 3.77. The number of aryl methyl sites for hydroxylation is 2. The lowest BCUT2D eigenvalue weighted by Gasteiger charge is -2.29. The molecule has 9 nitrogen and oxygen atoms in total. The Balaban J connectivity index is 2.64. The van der Waals surface area contributed by atoms with Gasteiger partial charge in [-0.25, -0.2) is 4.98 Å². The summed E-state index contributed by atoms with van der Waals surface area (Å²) < 4.78 is 24.0. The molecule has 11 heteroatoms. The van der Waals surface area contributed by atoms with Crippen LogP contribution in [0, 0.1) is 6.92 Å². The van der Waals surface area contributed by atoms with Crippen molar-refractivity contribution in [1.29, 1.82) is 0 Å². The van der Waals surface area contributed by atoms with Crippen LogP contribution >= 0.6 is 15.2 Å². The van der Waals surface area contributed by atoms with E-state index in [9.17, 15) is 14.2 Å². The maximum absolute atomic E-state index is 11.1. The lowest BCUT2D eigenvalue weighted by Crippen LogP contribution is -2.28. The van der Waals surface area contributed by atoms with E-state index in [2.05, 4.69) is 4.98 Å². The minimum Gasteiger partial charge on any atom is -0.368 e. The normalized spacial score (nSPS) is 13.7. The molecule has 0 aliphatic heterocycles. The Morgan fingerprint density at radius 2 is 1.75 bits per heavy atom. The fourth-order valence-electron chi connectivity index (χ4n) is 1.75. The number of nitrogens with zero attached hydrogens (tertiary/aromatic N) is 2. The average Bonchev–Trinajstić information content (AvgIpc) is 2.67. The molecule has 0 radical (unpaired) electrons. The van der Waals surface area contributed by atoms with Crippen molar-refractivity contribution in [2.45, 2.75) is 37.8 Å². The van der Waals surface area contributed by atoms with Gasteiger partial charge in [-0.1, -0.05) is 0 Å². The quantitative estimate of drug-likeness (QED) is 0.355. The Hall–Kier alpha value is -0.530. The van der Waals surface area contributed by atoms with Gasteiger partial charge in [0.05, 0.1) is 0 Å². The Labute approximate surface area is 115 Å². The number of aliphatic hydroxyl groups is 1. The minimum absolute atomic E-state index is 0.0460. The third-order valence-electron chi connectivity index (χ3n) is 3.02. The third-order valence-corrected chi connectivity index (χ3v) is 6.89. The molecule has 0 bridgehead atoms. The van der Waals surface area contributed by atoms with E-state index in [1.165, 1.54) is 0 Å². The van der Waals surface area contributed by atoms with Crippen LogP contribution in [0.2, 0.25) is 0 Å². The summed E-state index contributed by atoms with van der Waals surface area (Å²) in [6.07, 6.45) is 3.06. The van der Waals surface area contributed by atoms with Crippen molar-refractivity contribution in [2.24, 2.45) is 0 Å². The van der Waals surface area contributed by atoms with E-state index in [-0.39, 0.29) is 6.42 Å². The molecule has 0 spiro atoms. The SMILES string of the molecule is Cc1nccn1CCCCC(O)(P(=O)(O)O)P(=O)(O)O. The largest absolute Gasteiger partial charge is 0.369 e. The number of unbranched alkanes of at least 4 members (excludes halogenated alkanes) is 1. The second-order valence-corrected chi connectivity index (χ2v) is 8.50. The van der Waals surface area contributed by atoms with E-state index in [0.717, 1.165) is 5.82 Å². The summed E-state index contributed by atoms with van der Waals surface area (Å²) >= 11 is 0. The van der Waals surface area contributed by atoms with Crippen LogP contribution in [0.15, 0.2) is 12.4 Å². The van der Waals surface area contributed by atoms with E-state index in [1.54, 1.807) is 23.9 Å². The average molecular weight is 328 g/mol. The molecule has 0 atom stereocenters. The lowest BCUT2D eigenvalue weighted by atomic mass is 10.2. The molecule has 0 saturated carbocycles. The van der Waals surface area contributed by atoms with Gasteiger partial charge in [0.1, 0.15) is 5.82 Å². The van der Waals surface area contributed by atoms with Crippen LogP contribution in [0.4, 0.5) is 0 Å². The molecule has 1 aromatic rings. The molecule has 1 rings (SSSR count). The Bertz CT molecular complexity index is 524. The first kappa shape index (κ1) is 17.5. The molecule has 5 N–H and O–H groups in total. The molecule has 0 aliphatic rings. The molecule has 1 aromatic heterocycles. The topological polar surface area (TPSA) is 153 Å². The standard InChI is InChI=1S/C9H18N2O7P2/c1-8-10-5-7-11(8)6-3-2-4-9(12,19(13,14)15)20(16,17)18/h5,7,12H,2-4,6H2,1H3,(H2,13,14,15)(H2,16,17,18). The summed E-state index contributed by atoms with van der Waals surface area (Å²) in [4.78, 5) is 39.8. The zero-order valence-electron chi connectivity index (χ0n) is 10.8. The van der Waals surface area contributed by atoms with Crippen LogP contribution in [0.1, 0.15) is 25.1 Å². The van der Waals surface area contributed by atoms with Crippen molar-refractivity contribution in [2.75, 3.05) is 0 Å². The number of hydrogen-bond acceptors (Lipinski definition) is 4. The van der Waals surface area contributed by atoms with Crippen molar-refractivity contribution in [3.05, 3.63) is 18.2 Å². The summed E-state index contributed by atoms with van der Waals surface area (Å²) in [7, 11) is -10.7. The van der Waals surface area contributed by atoms with Gasteiger partial charge < -0.3 is 29.2 Å². The van der Waals surface area contributed by atoms with Gasteiger partial charge in [0.2, 0.25) is 0 Å². The van der Waals surface area contributed by atoms with Crippen molar-refractivity contribution in [1.82, 2.24) is 9.55 Å². The van der Waals surface area contributed by atoms with Gasteiger partial charge in [0, 0.05) is 18.9 Å². The highest BCUT2D eigenvalue weighted by Gasteiger charge is 2.58. The predicted octanol–water partition coefficient (Wildman–Crippen LogP) is 0.363. The molecule has 0 aromatic carbocycles. The minimum atomic E-state index is -5.35. The highest BCUT2D eigenvalue weighted by atomic mass is 31.2. The van der Waals surface area contributed by atoms with E-state index in [1.807, 2.05) is 0 Å². The van der Waals surface area contributed by atoms with E-state index in [4.69, 9.17) is 19.6 Å². The number of hydrogen-bond donors (Lipinski definition) is 5. The molecular weight excluding hydrogens is 310 g/mol. The smallest absolute Gasteiger partial charge is 0.368 e. The number of aromatic nitrogens is 2. The second kappa shape index (κ2) is 6.07. The maximum Gasteiger partial charge on any atom is 0.369 e. The van der Waals surface area contributed by atoms with Crippen LogP contribution in [0.25, 0.3) is 0 Å². The summed E-state index contributed by atoms with van der Waals surface area (Å²) in [5.74, 6) is 0.755. The zero-order chi connectivity index (χ0) is 15.6. The molecule has 0 fully saturated rings. The highest BCUT2D eigenvalue weighted by Crippen LogP contribution is 2.69. The summed E-state index contributed by atoms with van der Waals surface area (Å²) in [6, 6.07) is 0. The molecule has 0 unspecified atom stereocenters. The Kier molecular flexibility index (Phi) is 5.32. The molecule has 20 heavy (non-hydrogen) atoms. The first-order valence-corrected chi connectivity index (χ1v) is 9.03. The van der Waals surface area contributed by atoms with Gasteiger partial charge >= 0.3 is 15.2 Å². The molecule has 0 amide bonds. The van der Waals surface area contributed by atoms with Crippen molar-refractivity contribution in [3.63, 3.8) is 0 Å². The van der Waals surface area contributed by atoms with Crippen LogP contribution in [0.5, 0.6) is 0 Å². The maximum atomic E-state index is 11.1. The van der Waals surface area contributed by atoms with Gasteiger partial charge in [-0.3, -0.25) is 9.13 Å². The van der Waals surface area contributed by atoms with Crippen LogP contribution < -0.4 is 0 Å². The lowest BCUT2D eigenvalue weighted by molar-refractivity contribution is 0.120. The zero-order valence-corrected chi connectivity index (χ0v) is 12.6.